The lowest BCUT2D eigenvalue weighted by Crippen LogP contribution is -2.24. The van der Waals surface area contributed by atoms with Gasteiger partial charge in [0.2, 0.25) is 0 Å². The Labute approximate surface area is 122 Å². The van der Waals surface area contributed by atoms with Crippen LogP contribution in [-0.2, 0) is 9.59 Å². The number of ketones is 2. The largest absolute Gasteiger partial charge is 0.300 e. The fourth-order valence-corrected chi connectivity index (χ4v) is 3.48. The van der Waals surface area contributed by atoms with Crippen LogP contribution in [0.2, 0.25) is 0 Å². The van der Waals surface area contributed by atoms with Gasteiger partial charge in [-0.05, 0) is 42.2 Å². The van der Waals surface area contributed by atoms with Crippen LogP contribution in [-0.4, -0.2) is 11.6 Å². The summed E-state index contributed by atoms with van der Waals surface area (Å²) in [7, 11) is 0. The van der Waals surface area contributed by atoms with Crippen LogP contribution < -0.4 is 0 Å². The first-order valence-electron chi connectivity index (χ1n) is 7.82. The second kappa shape index (κ2) is 5.67. The van der Waals surface area contributed by atoms with Gasteiger partial charge in [-0.3, -0.25) is 9.59 Å². The van der Waals surface area contributed by atoms with Gasteiger partial charge in [0.15, 0.2) is 5.78 Å². The molecule has 0 aromatic rings. The lowest BCUT2D eigenvalue weighted by Gasteiger charge is -2.31. The minimum Gasteiger partial charge on any atom is -0.300 e. The van der Waals surface area contributed by atoms with Gasteiger partial charge >= 0.3 is 0 Å². The Morgan fingerprint density at radius 3 is 2.60 bits per heavy atom. The van der Waals surface area contributed by atoms with Crippen molar-refractivity contribution in [1.29, 1.82) is 0 Å². The molecule has 110 valence electrons. The van der Waals surface area contributed by atoms with E-state index >= 15 is 0 Å². The Balaban J connectivity index is 2.45. The summed E-state index contributed by atoms with van der Waals surface area (Å²) in [5, 5.41) is 0. The number of Topliss-reactive ketones (excluding diaryl/α,β-unsaturated/α-hetero) is 2. The van der Waals surface area contributed by atoms with E-state index in [4.69, 9.17) is 0 Å². The van der Waals surface area contributed by atoms with Crippen LogP contribution in [0.5, 0.6) is 0 Å². The maximum absolute atomic E-state index is 12.3. The average Bonchev–Trinajstić information content (AvgIpc) is 2.58. The lowest BCUT2D eigenvalue weighted by molar-refractivity contribution is -0.121. The van der Waals surface area contributed by atoms with Crippen molar-refractivity contribution in [3.8, 4) is 0 Å². The number of rotatable bonds is 3. The van der Waals surface area contributed by atoms with Gasteiger partial charge < -0.3 is 0 Å². The normalized spacial score (nSPS) is 28.8. The standard InChI is InChI=1S/C18H26O2/c1-5-6-7-14-10-16-12(2)17(20)9-13(16)8-15(19)11-18(14,3)4/h10,13H,5-9,11H2,1-4H3/b14-10-. The summed E-state index contributed by atoms with van der Waals surface area (Å²) in [5.74, 6) is 0.674. The van der Waals surface area contributed by atoms with Crippen molar-refractivity contribution in [2.75, 3.05) is 0 Å². The SMILES string of the molecule is CCCC/C1=C/C2=C(C)C(=O)CC2CC(=O)CC1(C)C. The molecule has 1 unspecified atom stereocenters. The second-order valence-electron chi connectivity index (χ2n) is 6.98. The summed E-state index contributed by atoms with van der Waals surface area (Å²) in [6.45, 7) is 8.44. The van der Waals surface area contributed by atoms with E-state index in [1.165, 1.54) is 5.57 Å². The fourth-order valence-electron chi connectivity index (χ4n) is 3.48. The molecule has 0 radical (unpaired) electrons. The molecule has 0 aromatic heterocycles. The van der Waals surface area contributed by atoms with E-state index in [0.717, 1.165) is 30.4 Å². The minimum absolute atomic E-state index is 0.0733. The van der Waals surface area contributed by atoms with Crippen molar-refractivity contribution in [2.45, 2.75) is 66.2 Å². The van der Waals surface area contributed by atoms with Gasteiger partial charge in [0.1, 0.15) is 5.78 Å². The summed E-state index contributed by atoms with van der Waals surface area (Å²) in [6.07, 6.45) is 7.28. The quantitative estimate of drug-likeness (QED) is 0.764. The van der Waals surface area contributed by atoms with Gasteiger partial charge in [-0.1, -0.05) is 38.8 Å². The molecule has 2 aliphatic carbocycles. The van der Waals surface area contributed by atoms with E-state index in [0.29, 0.717) is 25.0 Å². The van der Waals surface area contributed by atoms with Crippen molar-refractivity contribution in [3.05, 3.63) is 22.8 Å². The average molecular weight is 274 g/mol. The molecule has 2 nitrogen and oxygen atoms in total. The molecular weight excluding hydrogens is 248 g/mol. The highest BCUT2D eigenvalue weighted by atomic mass is 16.1. The molecule has 2 aliphatic rings. The second-order valence-corrected chi connectivity index (χ2v) is 6.98. The maximum atomic E-state index is 12.3. The predicted octanol–water partition coefficient (Wildman–Crippen LogP) is 4.40. The van der Waals surface area contributed by atoms with E-state index in [-0.39, 0.29) is 17.1 Å². The van der Waals surface area contributed by atoms with Gasteiger partial charge in [0.25, 0.3) is 0 Å². The van der Waals surface area contributed by atoms with Gasteiger partial charge in [-0.25, -0.2) is 0 Å². The van der Waals surface area contributed by atoms with Crippen LogP contribution in [0.3, 0.4) is 0 Å². The molecule has 1 atom stereocenters. The predicted molar refractivity (Wildman–Crippen MR) is 81.4 cm³/mol. The highest BCUT2D eigenvalue weighted by molar-refractivity contribution is 6.00. The van der Waals surface area contributed by atoms with Gasteiger partial charge in [-0.2, -0.15) is 0 Å². The topological polar surface area (TPSA) is 34.1 Å². The molecule has 0 aromatic carbocycles. The third-order valence-corrected chi connectivity index (χ3v) is 4.83. The molecule has 0 N–H and O–H groups in total. The minimum atomic E-state index is -0.0733. The third-order valence-electron chi connectivity index (χ3n) is 4.83. The highest BCUT2D eigenvalue weighted by Gasteiger charge is 2.36. The summed E-state index contributed by atoms with van der Waals surface area (Å²) < 4.78 is 0. The molecule has 0 fully saturated rings. The molecule has 0 aliphatic heterocycles. The van der Waals surface area contributed by atoms with E-state index in [9.17, 15) is 9.59 Å². The number of hydrogen-bond donors (Lipinski definition) is 0. The van der Waals surface area contributed by atoms with E-state index in [2.05, 4.69) is 26.8 Å². The number of allylic oxidation sites excluding steroid dienone is 4. The first-order chi connectivity index (χ1) is 9.35. The highest BCUT2D eigenvalue weighted by Crippen LogP contribution is 2.42. The summed E-state index contributed by atoms with van der Waals surface area (Å²) in [5.41, 5.74) is 3.30. The van der Waals surface area contributed by atoms with Crippen LogP contribution in [0.25, 0.3) is 0 Å². The molecule has 0 spiro atoms. The zero-order chi connectivity index (χ0) is 14.9. The Morgan fingerprint density at radius 1 is 1.25 bits per heavy atom. The number of hydrogen-bond acceptors (Lipinski definition) is 2. The summed E-state index contributed by atoms with van der Waals surface area (Å²) in [6, 6.07) is 0. The maximum Gasteiger partial charge on any atom is 0.159 e. The first-order valence-corrected chi connectivity index (χ1v) is 7.82. The zero-order valence-corrected chi connectivity index (χ0v) is 13.2. The molecule has 0 amide bonds. The lowest BCUT2D eigenvalue weighted by atomic mass is 9.73. The van der Waals surface area contributed by atoms with Crippen LogP contribution in [0.4, 0.5) is 0 Å². The van der Waals surface area contributed by atoms with Crippen LogP contribution in [0, 0.1) is 11.3 Å². The molecule has 0 heterocycles. The molecule has 2 heteroatoms. The Bertz CT molecular complexity index is 492. The van der Waals surface area contributed by atoms with Gasteiger partial charge in [0.05, 0.1) is 0 Å². The monoisotopic (exact) mass is 274 g/mol. The van der Waals surface area contributed by atoms with E-state index in [1.807, 2.05) is 6.92 Å². The Hall–Kier alpha value is -1.18. The Kier molecular flexibility index (Phi) is 4.31. The van der Waals surface area contributed by atoms with Crippen LogP contribution in [0.15, 0.2) is 22.8 Å². The van der Waals surface area contributed by atoms with Crippen molar-refractivity contribution < 1.29 is 9.59 Å². The fraction of sp³-hybridized carbons (Fsp3) is 0.667. The van der Waals surface area contributed by atoms with Crippen molar-refractivity contribution in [1.82, 2.24) is 0 Å². The number of fused-ring (bicyclic) bond motifs is 1. The van der Waals surface area contributed by atoms with Crippen molar-refractivity contribution >= 4 is 11.6 Å². The molecule has 2 rings (SSSR count). The molecule has 0 saturated heterocycles. The van der Waals surface area contributed by atoms with Crippen molar-refractivity contribution in [2.24, 2.45) is 11.3 Å². The van der Waals surface area contributed by atoms with Crippen LogP contribution >= 0.6 is 0 Å². The number of carbonyl (C=O) groups is 2. The van der Waals surface area contributed by atoms with Gasteiger partial charge in [0, 0.05) is 19.3 Å². The number of unbranched alkanes of at least 4 members (excludes halogenated alkanes) is 1. The van der Waals surface area contributed by atoms with Crippen LogP contribution in [0.1, 0.15) is 66.2 Å². The van der Waals surface area contributed by atoms with E-state index < -0.39 is 0 Å². The zero-order valence-electron chi connectivity index (χ0n) is 13.2. The van der Waals surface area contributed by atoms with Crippen molar-refractivity contribution in [3.63, 3.8) is 0 Å². The number of carbonyl (C=O) groups excluding carboxylic acids is 2. The first kappa shape index (κ1) is 15.2. The smallest absolute Gasteiger partial charge is 0.159 e. The molecule has 20 heavy (non-hydrogen) atoms. The third kappa shape index (κ3) is 2.94. The molecule has 0 bridgehead atoms. The molecular formula is C18H26O2. The van der Waals surface area contributed by atoms with E-state index in [1.54, 1.807) is 0 Å². The van der Waals surface area contributed by atoms with Gasteiger partial charge in [-0.15, -0.1) is 0 Å². The molecule has 0 saturated carbocycles. The Morgan fingerprint density at radius 2 is 1.95 bits per heavy atom. The summed E-state index contributed by atoms with van der Waals surface area (Å²) in [4.78, 5) is 24.2. The summed E-state index contributed by atoms with van der Waals surface area (Å²) >= 11 is 0.